The van der Waals surface area contributed by atoms with Gasteiger partial charge < -0.3 is 15.5 Å². The number of benzene rings is 1. The van der Waals surface area contributed by atoms with E-state index in [9.17, 15) is 13.6 Å². The molecule has 30 heavy (non-hydrogen) atoms. The smallest absolute Gasteiger partial charge is 0.255 e. The molecule has 0 aliphatic carbocycles. The number of aromatic nitrogens is 2. The Balaban J connectivity index is 1.46. The van der Waals surface area contributed by atoms with Gasteiger partial charge in [0.1, 0.15) is 11.6 Å². The molecule has 2 aliphatic heterocycles. The molecule has 0 spiro atoms. The molecule has 0 unspecified atom stereocenters. The van der Waals surface area contributed by atoms with Crippen molar-refractivity contribution < 1.29 is 13.6 Å². The maximum Gasteiger partial charge on any atom is 0.255 e. The van der Waals surface area contributed by atoms with Crippen LogP contribution in [-0.4, -0.2) is 41.2 Å². The summed E-state index contributed by atoms with van der Waals surface area (Å²) >= 11 is 0. The van der Waals surface area contributed by atoms with Gasteiger partial charge in [0, 0.05) is 36.6 Å². The minimum absolute atomic E-state index is 0.120. The molecule has 2 aliphatic rings. The van der Waals surface area contributed by atoms with Gasteiger partial charge in [0.05, 0.1) is 23.3 Å². The second-order valence-electron chi connectivity index (χ2n) is 7.95. The largest absolute Gasteiger partial charge is 0.364 e. The number of hydrogen-bond acceptors (Lipinski definition) is 4. The topological polar surface area (TPSA) is 61.7 Å². The predicted molar refractivity (Wildman–Crippen MR) is 110 cm³/mol. The summed E-state index contributed by atoms with van der Waals surface area (Å²) in [6.45, 7) is 2.40. The molecule has 6 nitrogen and oxygen atoms in total. The van der Waals surface area contributed by atoms with E-state index in [4.69, 9.17) is 0 Å². The van der Waals surface area contributed by atoms with Gasteiger partial charge in [-0.2, -0.15) is 5.10 Å². The van der Waals surface area contributed by atoms with Crippen LogP contribution in [0.5, 0.6) is 0 Å². The van der Waals surface area contributed by atoms with Crippen LogP contribution in [0.2, 0.25) is 0 Å². The fourth-order valence-electron chi connectivity index (χ4n) is 4.53. The second-order valence-corrected chi connectivity index (χ2v) is 7.95. The normalized spacial score (nSPS) is 21.5. The lowest BCUT2D eigenvalue weighted by Crippen LogP contribution is -2.36. The van der Waals surface area contributed by atoms with Crippen molar-refractivity contribution in [1.82, 2.24) is 20.2 Å². The van der Waals surface area contributed by atoms with E-state index < -0.39 is 11.6 Å². The number of carbonyl (C=O) groups is 1. The maximum atomic E-state index is 14.4. The molecule has 2 aromatic heterocycles. The van der Waals surface area contributed by atoms with Gasteiger partial charge in [0.25, 0.3) is 5.91 Å². The number of anilines is 1. The molecule has 1 aromatic carbocycles. The molecule has 3 aromatic rings. The monoisotopic (exact) mass is 411 g/mol. The van der Waals surface area contributed by atoms with Crippen LogP contribution in [0.3, 0.4) is 0 Å². The van der Waals surface area contributed by atoms with E-state index in [2.05, 4.69) is 20.6 Å². The quantitative estimate of drug-likeness (QED) is 0.693. The van der Waals surface area contributed by atoms with Crippen molar-refractivity contribution in [3.63, 3.8) is 0 Å². The number of hydrogen-bond donors (Lipinski definition) is 2. The Labute approximate surface area is 172 Å². The van der Waals surface area contributed by atoms with E-state index in [0.717, 1.165) is 50.7 Å². The summed E-state index contributed by atoms with van der Waals surface area (Å²) in [5, 5.41) is 10.6. The highest BCUT2D eigenvalue weighted by Gasteiger charge is 2.29. The van der Waals surface area contributed by atoms with Crippen LogP contribution in [0.15, 0.2) is 42.7 Å². The van der Waals surface area contributed by atoms with Crippen LogP contribution in [-0.2, 0) is 0 Å². The average molecular weight is 411 g/mol. The fourth-order valence-corrected chi connectivity index (χ4v) is 4.53. The van der Waals surface area contributed by atoms with Crippen molar-refractivity contribution in [3.8, 4) is 0 Å². The summed E-state index contributed by atoms with van der Waals surface area (Å²) in [7, 11) is 0. The van der Waals surface area contributed by atoms with Crippen molar-refractivity contribution in [2.24, 2.45) is 0 Å². The van der Waals surface area contributed by atoms with E-state index >= 15 is 0 Å². The Morgan fingerprint density at radius 2 is 2.10 bits per heavy atom. The Morgan fingerprint density at radius 3 is 2.93 bits per heavy atom. The lowest BCUT2D eigenvalue weighted by atomic mass is 10.0. The van der Waals surface area contributed by atoms with Crippen LogP contribution >= 0.6 is 0 Å². The molecule has 2 N–H and O–H groups in total. The first-order valence-electron chi connectivity index (χ1n) is 10.3. The zero-order valence-corrected chi connectivity index (χ0v) is 16.4. The highest BCUT2D eigenvalue weighted by atomic mass is 19.1. The van der Waals surface area contributed by atoms with Crippen LogP contribution in [0, 0.1) is 11.6 Å². The van der Waals surface area contributed by atoms with E-state index in [0.29, 0.717) is 16.6 Å². The van der Waals surface area contributed by atoms with Crippen molar-refractivity contribution in [2.75, 3.05) is 24.5 Å². The molecular formula is C22H23F2N5O. The van der Waals surface area contributed by atoms with Crippen LogP contribution < -0.4 is 15.5 Å². The van der Waals surface area contributed by atoms with Gasteiger partial charge in [-0.15, -0.1) is 0 Å². The standard InChI is InChI=1S/C22H23F2N5O/c23-14-3-4-19(24)17(10-14)20-2-1-8-28(20)16-6-9-29-21(11-16)18(13-26-29)22(30)27-15-5-7-25-12-15/h3-4,6,9-11,13,15,20,25H,1-2,5,7-8,12H2,(H,27,30)/t15-,20+/m0/s1. The molecule has 156 valence electrons. The van der Waals surface area contributed by atoms with Gasteiger partial charge in [0.15, 0.2) is 0 Å². The number of fused-ring (bicyclic) bond motifs is 1. The van der Waals surface area contributed by atoms with Crippen molar-refractivity contribution >= 4 is 17.1 Å². The van der Waals surface area contributed by atoms with Crippen LogP contribution in [0.4, 0.5) is 14.5 Å². The summed E-state index contributed by atoms with van der Waals surface area (Å²) in [6.07, 6.45) is 5.91. The van der Waals surface area contributed by atoms with E-state index in [1.54, 1.807) is 16.9 Å². The number of pyridine rings is 1. The molecule has 4 heterocycles. The Kier molecular flexibility index (Phi) is 4.86. The number of nitrogens with one attached hydrogen (secondary N) is 2. The molecule has 2 atom stereocenters. The number of halogens is 2. The second kappa shape index (κ2) is 7.68. The van der Waals surface area contributed by atoms with Crippen molar-refractivity contribution in [3.05, 3.63) is 65.5 Å². The summed E-state index contributed by atoms with van der Waals surface area (Å²) < 4.78 is 29.8. The molecule has 0 saturated carbocycles. The summed E-state index contributed by atoms with van der Waals surface area (Å²) in [4.78, 5) is 14.9. The van der Waals surface area contributed by atoms with E-state index in [1.807, 2.05) is 12.1 Å². The first-order chi connectivity index (χ1) is 14.6. The summed E-state index contributed by atoms with van der Waals surface area (Å²) in [6, 6.07) is 7.29. The maximum absolute atomic E-state index is 14.4. The van der Waals surface area contributed by atoms with Gasteiger partial charge in [-0.3, -0.25) is 4.79 Å². The molecule has 2 saturated heterocycles. The molecule has 1 amide bonds. The van der Waals surface area contributed by atoms with Gasteiger partial charge in [-0.05, 0) is 56.1 Å². The predicted octanol–water partition coefficient (Wildman–Crippen LogP) is 3.05. The molecule has 2 fully saturated rings. The zero-order chi connectivity index (χ0) is 20.7. The lowest BCUT2D eigenvalue weighted by Gasteiger charge is -2.27. The first-order valence-corrected chi connectivity index (χ1v) is 10.3. The summed E-state index contributed by atoms with van der Waals surface area (Å²) in [5.41, 5.74) is 2.44. The Bertz CT molecular complexity index is 1090. The first kappa shape index (κ1) is 19.0. The van der Waals surface area contributed by atoms with E-state index in [-0.39, 0.29) is 18.0 Å². The minimum Gasteiger partial charge on any atom is -0.364 e. The minimum atomic E-state index is -0.440. The Hall–Kier alpha value is -3.00. The Morgan fingerprint density at radius 1 is 1.20 bits per heavy atom. The van der Waals surface area contributed by atoms with Crippen molar-refractivity contribution in [2.45, 2.75) is 31.3 Å². The molecule has 0 radical (unpaired) electrons. The van der Waals surface area contributed by atoms with Gasteiger partial charge in [-0.25, -0.2) is 13.3 Å². The third-order valence-corrected chi connectivity index (χ3v) is 6.05. The SMILES string of the molecule is O=C(N[C@H]1CCNC1)c1cnn2ccc(N3CCC[C@@H]3c3cc(F)ccc3F)cc12. The van der Waals surface area contributed by atoms with Gasteiger partial charge in [0.2, 0.25) is 0 Å². The number of carbonyl (C=O) groups excluding carboxylic acids is 1. The number of rotatable bonds is 4. The average Bonchev–Trinajstić information content (AvgIpc) is 3.49. The third-order valence-electron chi connectivity index (χ3n) is 6.05. The number of nitrogens with zero attached hydrogens (tertiary/aromatic N) is 3. The zero-order valence-electron chi connectivity index (χ0n) is 16.4. The summed E-state index contributed by atoms with van der Waals surface area (Å²) in [5.74, 6) is -0.987. The van der Waals surface area contributed by atoms with E-state index in [1.165, 1.54) is 12.1 Å². The highest BCUT2D eigenvalue weighted by Crippen LogP contribution is 2.38. The molecule has 0 bridgehead atoms. The molecule has 8 heteroatoms. The van der Waals surface area contributed by atoms with Crippen LogP contribution in [0.25, 0.3) is 5.52 Å². The fraction of sp³-hybridized carbons (Fsp3) is 0.364. The number of amides is 1. The molecule has 5 rings (SSSR count). The third kappa shape index (κ3) is 3.41. The highest BCUT2D eigenvalue weighted by molar-refractivity contribution is 6.01. The van der Waals surface area contributed by atoms with Gasteiger partial charge in [-0.1, -0.05) is 0 Å². The molecular weight excluding hydrogens is 388 g/mol. The van der Waals surface area contributed by atoms with Crippen LogP contribution in [0.1, 0.15) is 41.2 Å². The van der Waals surface area contributed by atoms with Crippen molar-refractivity contribution in [1.29, 1.82) is 0 Å². The lowest BCUT2D eigenvalue weighted by molar-refractivity contribution is 0.0941. The van der Waals surface area contributed by atoms with Gasteiger partial charge >= 0.3 is 0 Å².